The van der Waals surface area contributed by atoms with Crippen molar-refractivity contribution >= 4 is 0 Å². The highest BCUT2D eigenvalue weighted by Crippen LogP contribution is 2.23. The number of ether oxygens (including phenoxy) is 2. The molecule has 0 aliphatic heterocycles. The minimum Gasteiger partial charge on any atom is -0.380 e. The summed E-state index contributed by atoms with van der Waals surface area (Å²) in [7, 11) is 0. The highest BCUT2D eigenvalue weighted by atomic mass is 16.5. The first-order valence-electron chi connectivity index (χ1n) is 7.98. The molecule has 0 aromatic heterocycles. The fraction of sp³-hybridized carbons (Fsp3) is 0.647. The van der Waals surface area contributed by atoms with Crippen molar-refractivity contribution in [2.75, 3.05) is 46.1 Å². The van der Waals surface area contributed by atoms with E-state index in [0.29, 0.717) is 12.6 Å². The summed E-state index contributed by atoms with van der Waals surface area (Å²) in [6.45, 7) is 9.55. The van der Waals surface area contributed by atoms with Crippen LogP contribution in [0.15, 0.2) is 30.3 Å². The quantitative estimate of drug-likeness (QED) is 0.602. The predicted octanol–water partition coefficient (Wildman–Crippen LogP) is 2.45. The highest BCUT2D eigenvalue weighted by molar-refractivity contribution is 5.19. The van der Waals surface area contributed by atoms with Gasteiger partial charge in [0.2, 0.25) is 0 Å². The van der Waals surface area contributed by atoms with Gasteiger partial charge in [-0.25, -0.2) is 0 Å². The predicted molar refractivity (Wildman–Crippen MR) is 87.4 cm³/mol. The van der Waals surface area contributed by atoms with Crippen molar-refractivity contribution in [3.05, 3.63) is 35.9 Å². The van der Waals surface area contributed by atoms with Gasteiger partial charge in [-0.3, -0.25) is 4.90 Å². The van der Waals surface area contributed by atoms with Crippen molar-refractivity contribution in [3.63, 3.8) is 0 Å². The van der Waals surface area contributed by atoms with Crippen molar-refractivity contribution in [2.24, 2.45) is 5.73 Å². The van der Waals surface area contributed by atoms with Crippen LogP contribution in [0.1, 0.15) is 31.9 Å². The zero-order valence-corrected chi connectivity index (χ0v) is 13.5. The Morgan fingerprint density at radius 1 is 1.00 bits per heavy atom. The summed E-state index contributed by atoms with van der Waals surface area (Å²) in [5, 5.41) is 0. The van der Waals surface area contributed by atoms with E-state index in [1.54, 1.807) is 0 Å². The Balaban J connectivity index is 2.72. The van der Waals surface area contributed by atoms with E-state index in [4.69, 9.17) is 15.2 Å². The number of hydrogen-bond donors (Lipinski definition) is 1. The van der Waals surface area contributed by atoms with E-state index in [9.17, 15) is 0 Å². The van der Waals surface area contributed by atoms with E-state index in [1.165, 1.54) is 5.56 Å². The lowest BCUT2D eigenvalue weighted by atomic mass is 10.0. The SMILES string of the molecule is CCOCCN(CCOCC)C(CCN)c1ccccc1. The fourth-order valence-corrected chi connectivity index (χ4v) is 2.47. The maximum atomic E-state index is 5.83. The van der Waals surface area contributed by atoms with Gasteiger partial charge < -0.3 is 15.2 Å². The minimum absolute atomic E-state index is 0.331. The molecular weight excluding hydrogens is 264 g/mol. The van der Waals surface area contributed by atoms with Gasteiger partial charge in [-0.15, -0.1) is 0 Å². The van der Waals surface area contributed by atoms with Crippen LogP contribution in [-0.4, -0.2) is 51.0 Å². The van der Waals surface area contributed by atoms with Gasteiger partial charge in [0.15, 0.2) is 0 Å². The Kier molecular flexibility index (Phi) is 10.1. The number of nitrogens with two attached hydrogens (primary N) is 1. The third kappa shape index (κ3) is 7.05. The maximum Gasteiger partial charge on any atom is 0.0593 e. The van der Waals surface area contributed by atoms with Crippen LogP contribution >= 0.6 is 0 Å². The number of nitrogens with zero attached hydrogens (tertiary/aromatic N) is 1. The van der Waals surface area contributed by atoms with Crippen LogP contribution in [0.2, 0.25) is 0 Å². The average Bonchev–Trinajstić information content (AvgIpc) is 2.52. The van der Waals surface area contributed by atoms with E-state index >= 15 is 0 Å². The molecule has 0 aliphatic carbocycles. The van der Waals surface area contributed by atoms with Crippen molar-refractivity contribution < 1.29 is 9.47 Å². The lowest BCUT2D eigenvalue weighted by Crippen LogP contribution is -2.36. The van der Waals surface area contributed by atoms with Crippen LogP contribution in [0.4, 0.5) is 0 Å². The largest absolute Gasteiger partial charge is 0.380 e. The molecule has 4 nitrogen and oxygen atoms in total. The summed E-state index contributed by atoms with van der Waals surface area (Å²) < 4.78 is 11.0. The summed E-state index contributed by atoms with van der Waals surface area (Å²) >= 11 is 0. The molecule has 1 atom stereocenters. The molecule has 0 saturated heterocycles. The van der Waals surface area contributed by atoms with Crippen molar-refractivity contribution in [3.8, 4) is 0 Å². The topological polar surface area (TPSA) is 47.7 Å². The van der Waals surface area contributed by atoms with Gasteiger partial charge in [-0.2, -0.15) is 0 Å². The molecule has 0 radical (unpaired) electrons. The summed E-state index contributed by atoms with van der Waals surface area (Å²) in [6.07, 6.45) is 0.947. The number of benzene rings is 1. The molecule has 1 aromatic carbocycles. The zero-order valence-electron chi connectivity index (χ0n) is 13.5. The average molecular weight is 294 g/mol. The Hall–Kier alpha value is -0.940. The van der Waals surface area contributed by atoms with Crippen LogP contribution in [0.25, 0.3) is 0 Å². The lowest BCUT2D eigenvalue weighted by Gasteiger charge is -2.32. The molecule has 0 spiro atoms. The second kappa shape index (κ2) is 11.7. The van der Waals surface area contributed by atoms with E-state index in [2.05, 4.69) is 29.2 Å². The van der Waals surface area contributed by atoms with Crippen molar-refractivity contribution in [1.82, 2.24) is 4.90 Å². The first-order chi connectivity index (χ1) is 10.3. The van der Waals surface area contributed by atoms with Crippen molar-refractivity contribution in [1.29, 1.82) is 0 Å². The molecule has 0 amide bonds. The van der Waals surface area contributed by atoms with E-state index in [1.807, 2.05) is 19.9 Å². The third-order valence-corrected chi connectivity index (χ3v) is 3.52. The number of hydrogen-bond acceptors (Lipinski definition) is 4. The Bertz CT molecular complexity index is 336. The van der Waals surface area contributed by atoms with Gasteiger partial charge in [0.25, 0.3) is 0 Å². The molecule has 4 heteroatoms. The Morgan fingerprint density at radius 2 is 1.57 bits per heavy atom. The molecule has 0 heterocycles. The van der Waals surface area contributed by atoms with E-state index in [-0.39, 0.29) is 0 Å². The molecule has 1 aromatic rings. The zero-order chi connectivity index (χ0) is 15.3. The molecule has 0 saturated carbocycles. The summed E-state index contributed by atoms with van der Waals surface area (Å²) in [5.74, 6) is 0. The molecule has 0 bridgehead atoms. The van der Waals surface area contributed by atoms with Gasteiger partial charge in [-0.1, -0.05) is 30.3 Å². The fourth-order valence-electron chi connectivity index (χ4n) is 2.47. The van der Waals surface area contributed by atoms with Crippen LogP contribution in [0.5, 0.6) is 0 Å². The van der Waals surface area contributed by atoms with Crippen LogP contribution < -0.4 is 5.73 Å². The van der Waals surface area contributed by atoms with Crippen LogP contribution in [0.3, 0.4) is 0 Å². The van der Waals surface area contributed by atoms with Crippen LogP contribution in [0, 0.1) is 0 Å². The molecular formula is C17H30N2O2. The normalized spacial score (nSPS) is 12.8. The molecule has 1 rings (SSSR count). The summed E-state index contributed by atoms with van der Waals surface area (Å²) in [4.78, 5) is 2.42. The first-order valence-corrected chi connectivity index (χ1v) is 7.98. The second-order valence-electron chi connectivity index (χ2n) is 4.93. The van der Waals surface area contributed by atoms with E-state index in [0.717, 1.165) is 45.9 Å². The molecule has 0 fully saturated rings. The maximum absolute atomic E-state index is 5.83. The van der Waals surface area contributed by atoms with Gasteiger partial charge in [0.05, 0.1) is 13.2 Å². The number of rotatable bonds is 12. The van der Waals surface area contributed by atoms with Crippen molar-refractivity contribution in [2.45, 2.75) is 26.3 Å². The van der Waals surface area contributed by atoms with Crippen LogP contribution in [-0.2, 0) is 9.47 Å². The summed E-state index contributed by atoms with van der Waals surface area (Å²) in [5.41, 5.74) is 7.14. The third-order valence-electron chi connectivity index (χ3n) is 3.52. The monoisotopic (exact) mass is 294 g/mol. The second-order valence-corrected chi connectivity index (χ2v) is 4.93. The molecule has 1 unspecified atom stereocenters. The molecule has 21 heavy (non-hydrogen) atoms. The molecule has 2 N–H and O–H groups in total. The van der Waals surface area contributed by atoms with Gasteiger partial charge >= 0.3 is 0 Å². The molecule has 120 valence electrons. The molecule has 0 aliphatic rings. The summed E-state index contributed by atoms with van der Waals surface area (Å²) in [6, 6.07) is 10.9. The Morgan fingerprint density at radius 3 is 2.05 bits per heavy atom. The first kappa shape index (κ1) is 18.1. The Labute approximate surface area is 129 Å². The smallest absolute Gasteiger partial charge is 0.0593 e. The van der Waals surface area contributed by atoms with Gasteiger partial charge in [0.1, 0.15) is 0 Å². The minimum atomic E-state index is 0.331. The van der Waals surface area contributed by atoms with Gasteiger partial charge in [0, 0.05) is 32.3 Å². The standard InChI is InChI=1S/C17H30N2O2/c1-3-20-14-12-19(13-15-21-4-2)17(10-11-18)16-8-6-5-7-9-16/h5-9,17H,3-4,10-15,18H2,1-2H3. The van der Waals surface area contributed by atoms with Gasteiger partial charge in [-0.05, 0) is 32.4 Å². The highest BCUT2D eigenvalue weighted by Gasteiger charge is 2.19. The van der Waals surface area contributed by atoms with E-state index < -0.39 is 0 Å². The lowest BCUT2D eigenvalue weighted by molar-refractivity contribution is 0.0607.